The molecule has 15 heavy (non-hydrogen) atoms. The third kappa shape index (κ3) is 2.38. The minimum Gasteiger partial charge on any atom is -0.392 e. The molecule has 1 atom stereocenters. The molecule has 5 heteroatoms. The highest BCUT2D eigenvalue weighted by atomic mass is 16.6. The lowest BCUT2D eigenvalue weighted by Crippen LogP contribution is -2.01. The zero-order valence-corrected chi connectivity index (χ0v) is 8.21. The van der Waals surface area contributed by atoms with Crippen molar-refractivity contribution in [3.05, 3.63) is 39.4 Å². The molecule has 1 unspecified atom stereocenters. The van der Waals surface area contributed by atoms with Gasteiger partial charge in [0.05, 0.1) is 11.5 Å². The van der Waals surface area contributed by atoms with Crippen molar-refractivity contribution in [3.8, 4) is 0 Å². The third-order valence-corrected chi connectivity index (χ3v) is 2.20. The predicted octanol–water partition coefficient (Wildman–Crippen LogP) is 1.39. The van der Waals surface area contributed by atoms with Crippen LogP contribution in [0, 0.1) is 10.1 Å². The summed E-state index contributed by atoms with van der Waals surface area (Å²) in [5.41, 5.74) is 0.961. The Hall–Kier alpha value is -1.75. The fourth-order valence-corrected chi connectivity index (χ4v) is 1.36. The van der Waals surface area contributed by atoms with E-state index in [9.17, 15) is 14.9 Å². The lowest BCUT2D eigenvalue weighted by atomic mass is 9.97. The summed E-state index contributed by atoms with van der Waals surface area (Å²) < 4.78 is 0. The average Bonchev–Trinajstić information content (AvgIpc) is 2.27. The van der Waals surface area contributed by atoms with Gasteiger partial charge in [0.2, 0.25) is 0 Å². The van der Waals surface area contributed by atoms with Crippen molar-refractivity contribution < 1.29 is 14.8 Å². The molecule has 0 spiro atoms. The van der Waals surface area contributed by atoms with E-state index in [1.54, 1.807) is 6.92 Å². The van der Waals surface area contributed by atoms with Crippen LogP contribution in [-0.4, -0.2) is 16.3 Å². The molecule has 0 aliphatic heterocycles. The first-order valence-electron chi connectivity index (χ1n) is 4.43. The number of rotatable bonds is 4. The predicted molar refractivity (Wildman–Crippen MR) is 53.5 cm³/mol. The van der Waals surface area contributed by atoms with E-state index >= 15 is 0 Å². The monoisotopic (exact) mass is 209 g/mol. The van der Waals surface area contributed by atoms with Crippen LogP contribution >= 0.6 is 0 Å². The summed E-state index contributed by atoms with van der Waals surface area (Å²) in [6.07, 6.45) is 0.736. The number of nitro benzene ring substituents is 1. The molecule has 5 nitrogen and oxygen atoms in total. The summed E-state index contributed by atoms with van der Waals surface area (Å²) in [7, 11) is 0. The number of aliphatic hydroxyl groups excluding tert-OH is 1. The molecule has 0 aliphatic carbocycles. The molecule has 0 saturated heterocycles. The molecule has 1 rings (SSSR count). The van der Waals surface area contributed by atoms with Crippen LogP contribution in [0.1, 0.15) is 24.0 Å². The molecule has 0 aromatic heterocycles. The van der Waals surface area contributed by atoms with Gasteiger partial charge in [-0.15, -0.1) is 0 Å². The minimum absolute atomic E-state index is 0.0825. The largest absolute Gasteiger partial charge is 0.392 e. The molecule has 0 saturated carbocycles. The van der Waals surface area contributed by atoms with Gasteiger partial charge in [0, 0.05) is 18.1 Å². The van der Waals surface area contributed by atoms with Crippen molar-refractivity contribution in [2.24, 2.45) is 0 Å². The van der Waals surface area contributed by atoms with Crippen LogP contribution in [0.4, 0.5) is 5.69 Å². The van der Waals surface area contributed by atoms with Gasteiger partial charge in [0.25, 0.3) is 5.69 Å². The third-order valence-electron chi connectivity index (χ3n) is 2.20. The first-order valence-corrected chi connectivity index (χ1v) is 4.43. The Morgan fingerprint density at radius 1 is 1.60 bits per heavy atom. The van der Waals surface area contributed by atoms with Gasteiger partial charge in [-0.1, -0.05) is 13.0 Å². The summed E-state index contributed by atoms with van der Waals surface area (Å²) >= 11 is 0. The Kier molecular flexibility index (Phi) is 3.51. The molecule has 0 amide bonds. The van der Waals surface area contributed by atoms with Gasteiger partial charge in [0.15, 0.2) is 0 Å². The van der Waals surface area contributed by atoms with Crippen molar-refractivity contribution in [3.63, 3.8) is 0 Å². The highest BCUT2D eigenvalue weighted by Crippen LogP contribution is 2.23. The van der Waals surface area contributed by atoms with Crippen molar-refractivity contribution >= 4 is 12.0 Å². The quantitative estimate of drug-likeness (QED) is 0.461. The van der Waals surface area contributed by atoms with Crippen LogP contribution in [0.5, 0.6) is 0 Å². The molecule has 0 heterocycles. The molecular weight excluding hydrogens is 198 g/mol. The van der Waals surface area contributed by atoms with Crippen LogP contribution in [0.3, 0.4) is 0 Å². The van der Waals surface area contributed by atoms with Crippen molar-refractivity contribution in [1.29, 1.82) is 0 Å². The normalized spacial score (nSPS) is 12.1. The molecule has 1 aromatic carbocycles. The Morgan fingerprint density at radius 2 is 2.27 bits per heavy atom. The Labute approximate surface area is 86.5 Å². The zero-order valence-electron chi connectivity index (χ0n) is 8.21. The number of nitro groups is 1. The SMILES string of the molecule is CC(C=O)c1ccc([N+](=O)[O-])cc1CO. The fraction of sp³-hybridized carbons (Fsp3) is 0.300. The minimum atomic E-state index is -0.533. The van der Waals surface area contributed by atoms with E-state index in [0.29, 0.717) is 11.1 Å². The Morgan fingerprint density at radius 3 is 2.73 bits per heavy atom. The van der Waals surface area contributed by atoms with Gasteiger partial charge in [0.1, 0.15) is 6.29 Å². The maximum atomic E-state index is 10.6. The summed E-state index contributed by atoms with van der Waals surface area (Å²) in [6, 6.07) is 4.12. The second-order valence-corrected chi connectivity index (χ2v) is 3.22. The molecule has 0 aliphatic rings. The van der Waals surface area contributed by atoms with E-state index in [-0.39, 0.29) is 18.2 Å². The van der Waals surface area contributed by atoms with Gasteiger partial charge in [-0.05, 0) is 11.1 Å². The molecule has 80 valence electrons. The lowest BCUT2D eigenvalue weighted by molar-refractivity contribution is -0.385. The molecule has 0 fully saturated rings. The van der Waals surface area contributed by atoms with Gasteiger partial charge in [-0.3, -0.25) is 10.1 Å². The summed E-state index contributed by atoms with van der Waals surface area (Å²) in [6.45, 7) is 1.36. The van der Waals surface area contributed by atoms with Crippen LogP contribution < -0.4 is 0 Å². The van der Waals surface area contributed by atoms with Gasteiger partial charge >= 0.3 is 0 Å². The van der Waals surface area contributed by atoms with E-state index in [4.69, 9.17) is 5.11 Å². The van der Waals surface area contributed by atoms with Gasteiger partial charge in [-0.25, -0.2) is 0 Å². The highest BCUT2D eigenvalue weighted by molar-refractivity contribution is 5.63. The maximum absolute atomic E-state index is 10.6. The van der Waals surface area contributed by atoms with Gasteiger partial charge < -0.3 is 9.90 Å². The van der Waals surface area contributed by atoms with Crippen LogP contribution in [0.15, 0.2) is 18.2 Å². The maximum Gasteiger partial charge on any atom is 0.269 e. The summed E-state index contributed by atoms with van der Waals surface area (Å²) in [4.78, 5) is 20.5. The first kappa shape index (κ1) is 11.3. The first-order chi connectivity index (χ1) is 7.10. The van der Waals surface area contributed by atoms with E-state index in [2.05, 4.69) is 0 Å². The Bertz CT molecular complexity index is 389. The Balaban J connectivity index is 3.20. The molecule has 0 bridgehead atoms. The number of aliphatic hydroxyl groups is 1. The van der Waals surface area contributed by atoms with Crippen molar-refractivity contribution in [2.45, 2.75) is 19.4 Å². The van der Waals surface area contributed by atoms with Crippen molar-refractivity contribution in [2.75, 3.05) is 0 Å². The number of non-ortho nitro benzene ring substituents is 1. The molecule has 1 N–H and O–H groups in total. The molecule has 0 radical (unpaired) electrons. The number of carbonyl (C=O) groups excluding carboxylic acids is 1. The van der Waals surface area contributed by atoms with E-state index in [0.717, 1.165) is 6.29 Å². The number of benzene rings is 1. The lowest BCUT2D eigenvalue weighted by Gasteiger charge is -2.09. The zero-order chi connectivity index (χ0) is 11.4. The second-order valence-electron chi connectivity index (χ2n) is 3.22. The molecular formula is C10H11NO4. The smallest absolute Gasteiger partial charge is 0.269 e. The molecule has 1 aromatic rings. The van der Waals surface area contributed by atoms with E-state index in [1.807, 2.05) is 0 Å². The summed E-state index contributed by atoms with van der Waals surface area (Å²) in [5.74, 6) is -0.368. The van der Waals surface area contributed by atoms with Crippen LogP contribution in [0.25, 0.3) is 0 Å². The van der Waals surface area contributed by atoms with Gasteiger partial charge in [-0.2, -0.15) is 0 Å². The van der Waals surface area contributed by atoms with Crippen LogP contribution in [0.2, 0.25) is 0 Å². The number of hydrogen-bond acceptors (Lipinski definition) is 4. The fourth-order valence-electron chi connectivity index (χ4n) is 1.36. The second kappa shape index (κ2) is 4.65. The topological polar surface area (TPSA) is 80.4 Å². The van der Waals surface area contributed by atoms with Crippen LogP contribution in [-0.2, 0) is 11.4 Å². The average molecular weight is 209 g/mol. The number of hydrogen-bond donors (Lipinski definition) is 1. The highest BCUT2D eigenvalue weighted by Gasteiger charge is 2.13. The van der Waals surface area contributed by atoms with E-state index in [1.165, 1.54) is 18.2 Å². The van der Waals surface area contributed by atoms with Crippen molar-refractivity contribution in [1.82, 2.24) is 0 Å². The van der Waals surface area contributed by atoms with E-state index < -0.39 is 4.92 Å². The number of aldehydes is 1. The summed E-state index contributed by atoms with van der Waals surface area (Å²) in [5, 5.41) is 19.5. The number of nitrogens with zero attached hydrogens (tertiary/aromatic N) is 1. The number of carbonyl (C=O) groups is 1. The standard InChI is InChI=1S/C10H11NO4/c1-7(5-12)10-3-2-9(11(14)15)4-8(10)6-13/h2-5,7,13H,6H2,1H3.